The summed E-state index contributed by atoms with van der Waals surface area (Å²) < 4.78 is 37.9. The Morgan fingerprint density at radius 2 is 2.05 bits per heavy atom. The Morgan fingerprint density at radius 3 is 2.67 bits per heavy atom. The van der Waals surface area contributed by atoms with Crippen molar-refractivity contribution in [2.24, 2.45) is 11.7 Å². The van der Waals surface area contributed by atoms with Crippen molar-refractivity contribution in [1.82, 2.24) is 0 Å². The van der Waals surface area contributed by atoms with Gasteiger partial charge in [0.15, 0.2) is 0 Å². The topological polar surface area (TPSA) is 75.4 Å². The molecule has 116 valence electrons. The lowest BCUT2D eigenvalue weighted by molar-refractivity contribution is -0.137. The Hall–Kier alpha value is -1.76. The summed E-state index contributed by atoms with van der Waals surface area (Å²) in [4.78, 5) is 12.1. The van der Waals surface area contributed by atoms with Gasteiger partial charge in [0.2, 0.25) is 5.91 Å². The molecule has 0 saturated heterocycles. The fraction of sp³-hybridized carbons (Fsp3) is 0.500. The van der Waals surface area contributed by atoms with Crippen LogP contribution in [0.3, 0.4) is 0 Å². The summed E-state index contributed by atoms with van der Waals surface area (Å²) in [7, 11) is 0. The molecule has 21 heavy (non-hydrogen) atoms. The average molecular weight is 302 g/mol. The quantitative estimate of drug-likeness (QED) is 0.735. The number of aromatic hydroxyl groups is 1. The van der Waals surface area contributed by atoms with Gasteiger partial charge in [-0.1, -0.05) is 6.42 Å². The first kappa shape index (κ1) is 15.6. The molecule has 2 rings (SSSR count). The van der Waals surface area contributed by atoms with Crippen LogP contribution in [0.4, 0.5) is 18.9 Å². The summed E-state index contributed by atoms with van der Waals surface area (Å²) in [5, 5.41) is 12.0. The smallest absolute Gasteiger partial charge is 0.416 e. The van der Waals surface area contributed by atoms with Crippen LogP contribution in [0.25, 0.3) is 0 Å². The summed E-state index contributed by atoms with van der Waals surface area (Å²) in [5.41, 5.74) is 4.64. The van der Waals surface area contributed by atoms with E-state index in [1.165, 1.54) is 0 Å². The largest absolute Gasteiger partial charge is 0.506 e. The van der Waals surface area contributed by atoms with E-state index in [0.29, 0.717) is 12.8 Å². The van der Waals surface area contributed by atoms with E-state index in [1.807, 2.05) is 0 Å². The van der Waals surface area contributed by atoms with Crippen LogP contribution in [0.15, 0.2) is 18.2 Å². The number of amides is 1. The molecular formula is C14H17F3N2O2. The average Bonchev–Trinajstić information content (AvgIpc) is 2.40. The Kier molecular flexibility index (Phi) is 4.41. The van der Waals surface area contributed by atoms with Crippen molar-refractivity contribution in [3.05, 3.63) is 23.8 Å². The Morgan fingerprint density at radius 1 is 1.33 bits per heavy atom. The predicted molar refractivity (Wildman–Crippen MR) is 71.7 cm³/mol. The van der Waals surface area contributed by atoms with E-state index in [-0.39, 0.29) is 17.6 Å². The van der Waals surface area contributed by atoms with Crippen molar-refractivity contribution in [3.8, 4) is 5.75 Å². The van der Waals surface area contributed by atoms with E-state index in [1.54, 1.807) is 0 Å². The zero-order valence-corrected chi connectivity index (χ0v) is 11.3. The number of hydrogen-bond donors (Lipinski definition) is 3. The molecule has 4 nitrogen and oxygen atoms in total. The molecule has 1 fully saturated rings. The number of nitrogens with one attached hydrogen (secondary N) is 1. The normalized spacial score (nSPS) is 22.9. The summed E-state index contributed by atoms with van der Waals surface area (Å²) in [6.45, 7) is 0. The fourth-order valence-corrected chi connectivity index (χ4v) is 2.51. The standard InChI is InChI=1S/C14H17F3N2O2/c15-14(16,17)9-4-5-12(20)11(7-9)19-13(21)8-2-1-3-10(18)6-8/h4-5,7-8,10,20H,1-3,6,18H2,(H,19,21). The molecule has 4 N–H and O–H groups in total. The molecule has 2 unspecified atom stereocenters. The Labute approximate surface area is 120 Å². The van der Waals surface area contributed by atoms with E-state index < -0.39 is 23.4 Å². The van der Waals surface area contributed by atoms with Crippen LogP contribution in [0.2, 0.25) is 0 Å². The zero-order chi connectivity index (χ0) is 15.6. The number of anilines is 1. The van der Waals surface area contributed by atoms with Crippen LogP contribution in [-0.4, -0.2) is 17.1 Å². The van der Waals surface area contributed by atoms with Crippen molar-refractivity contribution in [3.63, 3.8) is 0 Å². The van der Waals surface area contributed by atoms with Crippen molar-refractivity contribution >= 4 is 11.6 Å². The van der Waals surface area contributed by atoms with Crippen molar-refractivity contribution in [2.45, 2.75) is 37.9 Å². The van der Waals surface area contributed by atoms with Crippen molar-refractivity contribution in [2.75, 3.05) is 5.32 Å². The minimum absolute atomic E-state index is 0.0652. The monoisotopic (exact) mass is 302 g/mol. The van der Waals surface area contributed by atoms with Crippen LogP contribution in [0.5, 0.6) is 5.75 Å². The molecule has 1 aromatic carbocycles. The lowest BCUT2D eigenvalue weighted by Gasteiger charge is -2.25. The van der Waals surface area contributed by atoms with Gasteiger partial charge < -0.3 is 16.2 Å². The molecule has 0 aliphatic heterocycles. The number of phenolic OH excluding ortho intramolecular Hbond substituents is 1. The molecule has 1 amide bonds. The number of carbonyl (C=O) groups is 1. The van der Waals surface area contributed by atoms with Gasteiger partial charge in [-0.2, -0.15) is 13.2 Å². The molecule has 1 aliphatic carbocycles. The minimum atomic E-state index is -4.53. The summed E-state index contributed by atoms with van der Waals surface area (Å²) in [6, 6.07) is 2.35. The minimum Gasteiger partial charge on any atom is -0.506 e. The summed E-state index contributed by atoms with van der Waals surface area (Å²) >= 11 is 0. The van der Waals surface area contributed by atoms with Gasteiger partial charge in [-0.05, 0) is 37.5 Å². The number of nitrogens with two attached hydrogens (primary N) is 1. The van der Waals surface area contributed by atoms with Crippen LogP contribution in [0.1, 0.15) is 31.2 Å². The van der Waals surface area contributed by atoms with E-state index >= 15 is 0 Å². The Balaban J connectivity index is 2.13. The predicted octanol–water partition coefficient (Wildman–Crippen LogP) is 2.87. The van der Waals surface area contributed by atoms with E-state index in [9.17, 15) is 23.1 Å². The summed E-state index contributed by atoms with van der Waals surface area (Å²) in [6.07, 6.45) is -1.71. The molecule has 1 aromatic rings. The van der Waals surface area contributed by atoms with E-state index in [4.69, 9.17) is 5.73 Å². The van der Waals surface area contributed by atoms with Gasteiger partial charge in [0.05, 0.1) is 11.3 Å². The molecular weight excluding hydrogens is 285 g/mol. The van der Waals surface area contributed by atoms with Gasteiger partial charge in [0.1, 0.15) is 5.75 Å². The lowest BCUT2D eigenvalue weighted by Crippen LogP contribution is -2.34. The second-order valence-electron chi connectivity index (χ2n) is 5.34. The fourth-order valence-electron chi connectivity index (χ4n) is 2.51. The number of hydrogen-bond acceptors (Lipinski definition) is 3. The highest BCUT2D eigenvalue weighted by atomic mass is 19.4. The molecule has 0 bridgehead atoms. The maximum Gasteiger partial charge on any atom is 0.416 e. The first-order valence-corrected chi connectivity index (χ1v) is 6.74. The van der Waals surface area contributed by atoms with Gasteiger partial charge >= 0.3 is 6.18 Å². The number of rotatable bonds is 2. The maximum atomic E-state index is 12.6. The van der Waals surface area contributed by atoms with Crippen molar-refractivity contribution in [1.29, 1.82) is 0 Å². The van der Waals surface area contributed by atoms with Gasteiger partial charge in [0.25, 0.3) is 0 Å². The molecule has 2 atom stereocenters. The number of halogens is 3. The van der Waals surface area contributed by atoms with Crippen LogP contribution in [-0.2, 0) is 11.0 Å². The maximum absolute atomic E-state index is 12.6. The highest BCUT2D eigenvalue weighted by molar-refractivity contribution is 5.94. The van der Waals surface area contributed by atoms with Crippen molar-refractivity contribution < 1.29 is 23.1 Å². The molecule has 0 aromatic heterocycles. The number of phenols is 1. The van der Waals surface area contributed by atoms with Crippen LogP contribution < -0.4 is 11.1 Å². The third-order valence-corrected chi connectivity index (χ3v) is 3.67. The van der Waals surface area contributed by atoms with Gasteiger partial charge in [0, 0.05) is 12.0 Å². The number of benzene rings is 1. The van der Waals surface area contributed by atoms with Gasteiger partial charge in [-0.15, -0.1) is 0 Å². The van der Waals surface area contributed by atoms with Crippen LogP contribution >= 0.6 is 0 Å². The second-order valence-corrected chi connectivity index (χ2v) is 5.34. The second kappa shape index (κ2) is 5.93. The van der Waals surface area contributed by atoms with Gasteiger partial charge in [-0.25, -0.2) is 0 Å². The molecule has 7 heteroatoms. The first-order chi connectivity index (χ1) is 9.77. The Bertz CT molecular complexity index is 531. The zero-order valence-electron chi connectivity index (χ0n) is 11.3. The highest BCUT2D eigenvalue weighted by Crippen LogP contribution is 2.35. The summed E-state index contributed by atoms with van der Waals surface area (Å²) in [5.74, 6) is -1.13. The molecule has 1 aliphatic rings. The highest BCUT2D eigenvalue weighted by Gasteiger charge is 2.32. The number of alkyl halides is 3. The van der Waals surface area contributed by atoms with E-state index in [0.717, 1.165) is 31.0 Å². The molecule has 0 spiro atoms. The first-order valence-electron chi connectivity index (χ1n) is 6.74. The third-order valence-electron chi connectivity index (χ3n) is 3.67. The SMILES string of the molecule is NC1CCCC(C(=O)Nc2cc(C(F)(F)F)ccc2O)C1. The van der Waals surface area contributed by atoms with Crippen LogP contribution in [0, 0.1) is 5.92 Å². The molecule has 0 heterocycles. The van der Waals surface area contributed by atoms with Gasteiger partial charge in [-0.3, -0.25) is 4.79 Å². The third kappa shape index (κ3) is 3.87. The van der Waals surface area contributed by atoms with E-state index in [2.05, 4.69) is 5.32 Å². The molecule has 0 radical (unpaired) electrons. The molecule has 1 saturated carbocycles. The number of carbonyl (C=O) groups excluding carboxylic acids is 1. The lowest BCUT2D eigenvalue weighted by atomic mass is 9.85.